The van der Waals surface area contributed by atoms with E-state index in [-0.39, 0.29) is 0 Å². The Morgan fingerprint density at radius 2 is 1.79 bits per heavy atom. The molecule has 0 bridgehead atoms. The summed E-state index contributed by atoms with van der Waals surface area (Å²) in [6, 6.07) is 21.3. The van der Waals surface area contributed by atoms with Crippen LogP contribution in [0.3, 0.4) is 0 Å². The molecule has 3 rings (SSSR count). The zero-order valence-corrected chi connectivity index (χ0v) is 18.2. The van der Waals surface area contributed by atoms with Gasteiger partial charge in [0.15, 0.2) is 11.5 Å². The van der Waals surface area contributed by atoms with E-state index in [4.69, 9.17) is 9.47 Å². The van der Waals surface area contributed by atoms with Crippen molar-refractivity contribution in [3.8, 4) is 11.5 Å². The lowest BCUT2D eigenvalue weighted by Gasteiger charge is -2.25. The number of hydrogen-bond acceptors (Lipinski definition) is 5. The van der Waals surface area contributed by atoms with E-state index in [0.29, 0.717) is 12.6 Å². The van der Waals surface area contributed by atoms with Gasteiger partial charge in [-0.1, -0.05) is 42.5 Å². The van der Waals surface area contributed by atoms with Crippen LogP contribution in [0.4, 0.5) is 0 Å². The highest BCUT2D eigenvalue weighted by molar-refractivity contribution is 7.09. The van der Waals surface area contributed by atoms with Crippen molar-refractivity contribution in [1.29, 1.82) is 0 Å². The van der Waals surface area contributed by atoms with Gasteiger partial charge in [-0.15, -0.1) is 11.3 Å². The molecule has 1 atom stereocenters. The third-order valence-electron chi connectivity index (χ3n) is 4.93. The number of hydrogen-bond donors (Lipinski definition) is 1. The molecular weight excluding hydrogens is 380 g/mol. The highest BCUT2D eigenvalue weighted by Crippen LogP contribution is 2.29. The summed E-state index contributed by atoms with van der Waals surface area (Å²) in [5.74, 6) is 1.55. The molecule has 0 unspecified atom stereocenters. The van der Waals surface area contributed by atoms with Crippen molar-refractivity contribution in [2.45, 2.75) is 25.6 Å². The van der Waals surface area contributed by atoms with Gasteiger partial charge >= 0.3 is 0 Å². The minimum atomic E-state index is 0.438. The van der Waals surface area contributed by atoms with Crippen LogP contribution in [0.5, 0.6) is 11.5 Å². The Morgan fingerprint density at radius 3 is 2.48 bits per heavy atom. The predicted molar refractivity (Wildman–Crippen MR) is 121 cm³/mol. The lowest BCUT2D eigenvalue weighted by atomic mass is 10.1. The van der Waals surface area contributed by atoms with Crippen LogP contribution in [0.1, 0.15) is 16.0 Å². The number of ether oxygens (including phenoxy) is 2. The van der Waals surface area contributed by atoms with Crippen molar-refractivity contribution in [2.24, 2.45) is 0 Å². The minimum Gasteiger partial charge on any atom is -0.493 e. The number of rotatable bonds is 11. The molecule has 5 heteroatoms. The lowest BCUT2D eigenvalue weighted by molar-refractivity contribution is 0.280. The van der Waals surface area contributed by atoms with E-state index in [1.807, 2.05) is 12.1 Å². The molecule has 0 aliphatic carbocycles. The largest absolute Gasteiger partial charge is 0.493 e. The fourth-order valence-electron chi connectivity index (χ4n) is 3.19. The van der Waals surface area contributed by atoms with E-state index in [0.717, 1.165) is 31.0 Å². The van der Waals surface area contributed by atoms with E-state index < -0.39 is 0 Å². The van der Waals surface area contributed by atoms with Crippen molar-refractivity contribution >= 4 is 11.3 Å². The number of nitrogens with zero attached hydrogens (tertiary/aromatic N) is 1. The molecule has 4 nitrogen and oxygen atoms in total. The molecule has 1 heterocycles. The van der Waals surface area contributed by atoms with Crippen LogP contribution in [-0.2, 0) is 19.6 Å². The molecule has 2 aromatic carbocycles. The van der Waals surface area contributed by atoms with Gasteiger partial charge in [-0.25, -0.2) is 0 Å². The highest BCUT2D eigenvalue weighted by Gasteiger charge is 2.12. The zero-order chi connectivity index (χ0) is 20.5. The zero-order valence-electron chi connectivity index (χ0n) is 17.4. The quantitative estimate of drug-likeness (QED) is 0.501. The van der Waals surface area contributed by atoms with Gasteiger partial charge in [-0.05, 0) is 55.2 Å². The summed E-state index contributed by atoms with van der Waals surface area (Å²) >= 11 is 1.70. The summed E-state index contributed by atoms with van der Waals surface area (Å²) in [7, 11) is 5.96. The van der Waals surface area contributed by atoms with Gasteiger partial charge in [0.25, 0.3) is 0 Å². The molecule has 3 aromatic rings. The van der Waals surface area contributed by atoms with Gasteiger partial charge < -0.3 is 19.7 Å². The second kappa shape index (κ2) is 11.0. The molecule has 1 aromatic heterocycles. The van der Waals surface area contributed by atoms with Crippen molar-refractivity contribution < 1.29 is 9.47 Å². The molecule has 0 aliphatic rings. The maximum absolute atomic E-state index is 5.93. The molecule has 154 valence electrons. The predicted octanol–water partition coefficient (Wildman–Crippen LogP) is 4.60. The summed E-state index contributed by atoms with van der Waals surface area (Å²) in [6.45, 7) is 2.27. The van der Waals surface area contributed by atoms with Crippen LogP contribution in [0.2, 0.25) is 0 Å². The van der Waals surface area contributed by atoms with Gasteiger partial charge in [0.1, 0.15) is 6.61 Å². The average Bonchev–Trinajstić information content (AvgIpc) is 3.26. The summed E-state index contributed by atoms with van der Waals surface area (Å²) in [4.78, 5) is 3.48. The standard InChI is InChI=1S/C24H30N2O2S/c1-26(2)21(14-19-8-5-4-6-9-19)17-25-16-20-11-12-23(24(15-20)27-3)28-18-22-10-7-13-29-22/h4-13,15,21,25H,14,16-18H2,1-3H3/t21-/m0/s1. The van der Waals surface area contributed by atoms with Gasteiger partial charge in [0.2, 0.25) is 0 Å². The fraction of sp³-hybridized carbons (Fsp3) is 0.333. The van der Waals surface area contributed by atoms with Crippen molar-refractivity contribution in [3.63, 3.8) is 0 Å². The fourth-order valence-corrected chi connectivity index (χ4v) is 3.81. The summed E-state index contributed by atoms with van der Waals surface area (Å²) in [6.07, 6.45) is 1.03. The highest BCUT2D eigenvalue weighted by atomic mass is 32.1. The average molecular weight is 411 g/mol. The maximum atomic E-state index is 5.93. The molecule has 0 fully saturated rings. The number of methoxy groups -OCH3 is 1. The van der Waals surface area contributed by atoms with Gasteiger partial charge in [0, 0.05) is 24.0 Å². The Balaban J connectivity index is 1.53. The lowest BCUT2D eigenvalue weighted by Crippen LogP contribution is -2.39. The first-order valence-electron chi connectivity index (χ1n) is 9.89. The van der Waals surface area contributed by atoms with Crippen molar-refractivity contribution in [3.05, 3.63) is 82.0 Å². The van der Waals surface area contributed by atoms with E-state index >= 15 is 0 Å². The smallest absolute Gasteiger partial charge is 0.161 e. The minimum absolute atomic E-state index is 0.438. The first kappa shape index (κ1) is 21.4. The third kappa shape index (κ3) is 6.60. The second-order valence-corrected chi connectivity index (χ2v) is 8.32. The van der Waals surface area contributed by atoms with Crippen molar-refractivity contribution in [1.82, 2.24) is 10.2 Å². The number of likely N-dealkylation sites (N-methyl/N-ethyl adjacent to an activating group) is 1. The molecule has 0 radical (unpaired) electrons. The van der Waals surface area contributed by atoms with E-state index in [1.54, 1.807) is 18.4 Å². The Hall–Kier alpha value is -2.34. The van der Waals surface area contributed by atoms with Crippen LogP contribution in [0, 0.1) is 0 Å². The van der Waals surface area contributed by atoms with Gasteiger partial charge in [-0.3, -0.25) is 0 Å². The first-order valence-corrected chi connectivity index (χ1v) is 10.8. The van der Waals surface area contributed by atoms with Crippen LogP contribution in [0.25, 0.3) is 0 Å². The summed E-state index contributed by atoms with van der Waals surface area (Å²) < 4.78 is 11.5. The van der Waals surface area contributed by atoms with Gasteiger partial charge in [-0.2, -0.15) is 0 Å². The summed E-state index contributed by atoms with van der Waals surface area (Å²) in [5.41, 5.74) is 2.55. The number of nitrogens with one attached hydrogen (secondary N) is 1. The Kier molecular flexibility index (Phi) is 8.11. The normalized spacial score (nSPS) is 12.1. The SMILES string of the molecule is COc1cc(CNC[C@H](Cc2ccccc2)N(C)C)ccc1OCc1cccs1. The van der Waals surface area contributed by atoms with E-state index in [1.165, 1.54) is 16.0 Å². The molecule has 0 saturated carbocycles. The van der Waals surface area contributed by atoms with E-state index in [2.05, 4.69) is 78.2 Å². The Labute approximate surface area is 178 Å². The molecule has 0 aliphatic heterocycles. The number of benzene rings is 2. The molecule has 0 saturated heterocycles. The summed E-state index contributed by atoms with van der Waals surface area (Å²) in [5, 5.41) is 5.65. The Morgan fingerprint density at radius 1 is 0.966 bits per heavy atom. The third-order valence-corrected chi connectivity index (χ3v) is 5.78. The second-order valence-electron chi connectivity index (χ2n) is 7.29. The molecule has 0 amide bonds. The van der Waals surface area contributed by atoms with Crippen LogP contribution in [0.15, 0.2) is 66.0 Å². The topological polar surface area (TPSA) is 33.7 Å². The molecule has 29 heavy (non-hydrogen) atoms. The maximum Gasteiger partial charge on any atom is 0.161 e. The van der Waals surface area contributed by atoms with Crippen molar-refractivity contribution in [2.75, 3.05) is 27.7 Å². The monoisotopic (exact) mass is 410 g/mol. The first-order chi connectivity index (χ1) is 14.2. The molecule has 0 spiro atoms. The molecular formula is C24H30N2O2S. The Bertz CT molecular complexity index is 851. The molecule has 1 N–H and O–H groups in total. The van der Waals surface area contributed by atoms with E-state index in [9.17, 15) is 0 Å². The van der Waals surface area contributed by atoms with Gasteiger partial charge in [0.05, 0.1) is 7.11 Å². The number of thiophene rings is 1. The van der Waals surface area contributed by atoms with Crippen LogP contribution in [-0.4, -0.2) is 38.7 Å². The van der Waals surface area contributed by atoms with Crippen LogP contribution < -0.4 is 14.8 Å². The van der Waals surface area contributed by atoms with Crippen LogP contribution >= 0.6 is 11.3 Å².